The third-order valence-electron chi connectivity index (χ3n) is 2.70. The van der Waals surface area contributed by atoms with Crippen LogP contribution >= 0.6 is 15.9 Å². The third-order valence-corrected chi connectivity index (χ3v) is 3.23. The second-order valence-corrected chi connectivity index (χ2v) is 4.81. The van der Waals surface area contributed by atoms with Gasteiger partial charge in [0.25, 0.3) is 0 Å². The van der Waals surface area contributed by atoms with Crippen molar-refractivity contribution in [2.45, 2.75) is 6.42 Å². The summed E-state index contributed by atoms with van der Waals surface area (Å²) in [7, 11) is 1.42. The first kappa shape index (κ1) is 11.5. The molecule has 1 fully saturated rings. The highest BCUT2D eigenvalue weighted by Gasteiger charge is 2.44. The minimum Gasteiger partial charge on any atom is -0.493 e. The minimum atomic E-state index is -0.121. The first-order valence-electron chi connectivity index (χ1n) is 5.17. The molecule has 2 atom stereocenters. The molecule has 4 heteroatoms. The molecule has 1 aromatic rings. The van der Waals surface area contributed by atoms with Gasteiger partial charge in [0, 0.05) is 10.4 Å². The number of benzene rings is 1. The molecular weight excluding hydrogens is 272 g/mol. The van der Waals surface area contributed by atoms with Gasteiger partial charge in [0.2, 0.25) is 0 Å². The molecule has 0 saturated heterocycles. The number of rotatable bonds is 4. The highest BCUT2D eigenvalue weighted by Crippen LogP contribution is 2.39. The molecule has 1 aliphatic rings. The Labute approximate surface area is 103 Å². The number of halogens is 1. The van der Waals surface area contributed by atoms with E-state index < -0.39 is 0 Å². The Kier molecular flexibility index (Phi) is 3.49. The van der Waals surface area contributed by atoms with Gasteiger partial charge in [-0.05, 0) is 30.7 Å². The van der Waals surface area contributed by atoms with Gasteiger partial charge in [-0.2, -0.15) is 0 Å². The van der Waals surface area contributed by atoms with Crippen molar-refractivity contribution in [3.63, 3.8) is 0 Å². The van der Waals surface area contributed by atoms with Gasteiger partial charge in [-0.25, -0.2) is 0 Å². The van der Waals surface area contributed by atoms with E-state index in [0.717, 1.165) is 16.6 Å². The van der Waals surface area contributed by atoms with Crippen molar-refractivity contribution in [1.82, 2.24) is 0 Å². The van der Waals surface area contributed by atoms with E-state index in [1.165, 1.54) is 7.11 Å². The highest BCUT2D eigenvalue weighted by molar-refractivity contribution is 9.10. The van der Waals surface area contributed by atoms with Gasteiger partial charge in [0.05, 0.1) is 19.6 Å². The van der Waals surface area contributed by atoms with E-state index in [-0.39, 0.29) is 11.9 Å². The molecule has 0 radical (unpaired) electrons. The van der Waals surface area contributed by atoms with Crippen molar-refractivity contribution in [2.75, 3.05) is 13.7 Å². The molecule has 3 nitrogen and oxygen atoms in total. The predicted octanol–water partition coefficient (Wildman–Crippen LogP) is 2.64. The quantitative estimate of drug-likeness (QED) is 0.798. The Hall–Kier alpha value is -1.03. The van der Waals surface area contributed by atoms with Crippen molar-refractivity contribution in [3.8, 4) is 5.75 Å². The largest absolute Gasteiger partial charge is 0.493 e. The molecule has 0 unspecified atom stereocenters. The summed E-state index contributed by atoms with van der Waals surface area (Å²) in [6.07, 6.45) is 0.878. The Morgan fingerprint density at radius 2 is 2.12 bits per heavy atom. The molecule has 0 heterocycles. The number of methoxy groups -OCH3 is 1. The molecular formula is C12H13BrO3. The van der Waals surface area contributed by atoms with Crippen LogP contribution < -0.4 is 4.74 Å². The molecule has 86 valence electrons. The zero-order chi connectivity index (χ0) is 11.5. The molecule has 1 saturated carbocycles. The predicted molar refractivity (Wildman–Crippen MR) is 63.3 cm³/mol. The van der Waals surface area contributed by atoms with E-state index in [4.69, 9.17) is 4.74 Å². The summed E-state index contributed by atoms with van der Waals surface area (Å²) in [6, 6.07) is 7.67. The van der Waals surface area contributed by atoms with Crippen LogP contribution in [0.2, 0.25) is 0 Å². The van der Waals surface area contributed by atoms with Gasteiger partial charge in [-0.1, -0.05) is 15.9 Å². The van der Waals surface area contributed by atoms with Crippen LogP contribution in [-0.4, -0.2) is 19.7 Å². The molecule has 0 bridgehead atoms. The molecule has 0 amide bonds. The monoisotopic (exact) mass is 284 g/mol. The topological polar surface area (TPSA) is 35.5 Å². The lowest BCUT2D eigenvalue weighted by Crippen LogP contribution is -2.08. The zero-order valence-corrected chi connectivity index (χ0v) is 10.6. The fourth-order valence-corrected chi connectivity index (χ4v) is 1.87. The zero-order valence-electron chi connectivity index (χ0n) is 8.98. The van der Waals surface area contributed by atoms with Gasteiger partial charge in [-0.3, -0.25) is 4.79 Å². The lowest BCUT2D eigenvalue weighted by molar-refractivity contribution is -0.142. The maximum absolute atomic E-state index is 11.2. The summed E-state index contributed by atoms with van der Waals surface area (Å²) >= 11 is 3.36. The minimum absolute atomic E-state index is 0.0421. The van der Waals surface area contributed by atoms with Gasteiger partial charge in [-0.15, -0.1) is 0 Å². The summed E-state index contributed by atoms with van der Waals surface area (Å²) < 4.78 is 11.3. The lowest BCUT2D eigenvalue weighted by Gasteiger charge is -2.05. The van der Waals surface area contributed by atoms with Crippen LogP contribution in [0.3, 0.4) is 0 Å². The molecule has 1 aromatic carbocycles. The number of hydrogen-bond acceptors (Lipinski definition) is 3. The van der Waals surface area contributed by atoms with E-state index in [0.29, 0.717) is 12.5 Å². The van der Waals surface area contributed by atoms with Crippen molar-refractivity contribution in [3.05, 3.63) is 28.7 Å². The second-order valence-electron chi connectivity index (χ2n) is 3.89. The Bertz CT molecular complexity index is 374. The van der Waals surface area contributed by atoms with Crippen molar-refractivity contribution < 1.29 is 14.3 Å². The molecule has 0 aromatic heterocycles. The average Bonchev–Trinajstić information content (AvgIpc) is 3.07. The van der Waals surface area contributed by atoms with Crippen LogP contribution in [0.4, 0.5) is 0 Å². The number of carbonyl (C=O) groups excluding carboxylic acids is 1. The Morgan fingerprint density at radius 1 is 1.44 bits per heavy atom. The maximum atomic E-state index is 11.2. The van der Waals surface area contributed by atoms with Crippen molar-refractivity contribution in [2.24, 2.45) is 11.8 Å². The maximum Gasteiger partial charge on any atom is 0.309 e. The number of esters is 1. The number of hydrogen-bond donors (Lipinski definition) is 0. The normalized spacial score (nSPS) is 22.6. The van der Waals surface area contributed by atoms with Crippen LogP contribution in [-0.2, 0) is 9.53 Å². The third kappa shape index (κ3) is 2.76. The van der Waals surface area contributed by atoms with Gasteiger partial charge in [0.1, 0.15) is 5.75 Å². The summed E-state index contributed by atoms with van der Waals surface area (Å²) in [4.78, 5) is 11.2. The molecule has 0 N–H and O–H groups in total. The number of carbonyl (C=O) groups is 1. The standard InChI is InChI=1S/C12H13BrO3/c1-15-12(14)11-6-8(11)7-16-10-4-2-9(13)3-5-10/h2-5,8,11H,6-7H2,1H3/t8-,11-/m0/s1. The Balaban J connectivity index is 1.77. The summed E-state index contributed by atoms with van der Waals surface area (Å²) in [5.74, 6) is 1.07. The SMILES string of the molecule is COC(=O)[C@H]1C[C@H]1COc1ccc(Br)cc1. The van der Waals surface area contributed by atoms with E-state index in [1.54, 1.807) is 0 Å². The van der Waals surface area contributed by atoms with Crippen molar-refractivity contribution >= 4 is 21.9 Å². The van der Waals surface area contributed by atoms with E-state index in [9.17, 15) is 4.79 Å². The van der Waals surface area contributed by atoms with Gasteiger partial charge in [0.15, 0.2) is 0 Å². The summed E-state index contributed by atoms with van der Waals surface area (Å²) in [6.45, 7) is 0.585. The fourth-order valence-electron chi connectivity index (χ4n) is 1.61. The van der Waals surface area contributed by atoms with Crippen LogP contribution in [0.15, 0.2) is 28.7 Å². The number of ether oxygens (including phenoxy) is 2. The van der Waals surface area contributed by atoms with E-state index in [2.05, 4.69) is 20.7 Å². The highest BCUT2D eigenvalue weighted by atomic mass is 79.9. The molecule has 2 rings (SSSR count). The summed E-state index contributed by atoms with van der Waals surface area (Å²) in [5, 5.41) is 0. The average molecular weight is 285 g/mol. The van der Waals surface area contributed by atoms with Gasteiger partial charge >= 0.3 is 5.97 Å². The lowest BCUT2D eigenvalue weighted by atomic mass is 10.3. The molecule has 0 aliphatic heterocycles. The smallest absolute Gasteiger partial charge is 0.309 e. The van der Waals surface area contributed by atoms with E-state index >= 15 is 0 Å². The first-order valence-corrected chi connectivity index (χ1v) is 5.96. The molecule has 0 spiro atoms. The Morgan fingerprint density at radius 3 is 2.75 bits per heavy atom. The first-order chi connectivity index (χ1) is 7.70. The second kappa shape index (κ2) is 4.87. The van der Waals surface area contributed by atoms with Crippen LogP contribution in [0.1, 0.15) is 6.42 Å². The van der Waals surface area contributed by atoms with Gasteiger partial charge < -0.3 is 9.47 Å². The summed E-state index contributed by atoms with van der Waals surface area (Å²) in [5.41, 5.74) is 0. The van der Waals surface area contributed by atoms with Crippen LogP contribution in [0.25, 0.3) is 0 Å². The van der Waals surface area contributed by atoms with Crippen LogP contribution in [0.5, 0.6) is 5.75 Å². The van der Waals surface area contributed by atoms with Crippen LogP contribution in [0, 0.1) is 11.8 Å². The van der Waals surface area contributed by atoms with Crippen molar-refractivity contribution in [1.29, 1.82) is 0 Å². The molecule has 1 aliphatic carbocycles. The fraction of sp³-hybridized carbons (Fsp3) is 0.417. The molecule has 16 heavy (non-hydrogen) atoms. The van der Waals surface area contributed by atoms with E-state index in [1.807, 2.05) is 24.3 Å².